The quantitative estimate of drug-likeness (QED) is 0.297. The minimum absolute atomic E-state index is 0.120. The highest BCUT2D eigenvalue weighted by Gasteiger charge is 2.31. The standard InChI is InChI=1S/C32H37FN2O3/c33-27-20-18-26(19-21-27)24-35(31(36)17-10-22-38-29-15-8-3-9-16-29)30(23-25-11-4-1-5-12-25)32(37)34-28-13-6-2-7-14-28/h1,3-5,8-9,11-12,15-16,18-21,28,30H,2,6-7,10,13-14,17,22-24H2,(H,34,37)/t30-/m1/s1. The van der Waals surface area contributed by atoms with Crippen molar-refractivity contribution < 1.29 is 18.7 Å². The number of hydrogen-bond donors (Lipinski definition) is 1. The minimum Gasteiger partial charge on any atom is -0.494 e. The number of ether oxygens (including phenoxy) is 1. The average Bonchev–Trinajstić information content (AvgIpc) is 2.95. The molecule has 2 amide bonds. The summed E-state index contributed by atoms with van der Waals surface area (Å²) in [6, 6.07) is 24.9. The number of para-hydroxylation sites is 1. The lowest BCUT2D eigenvalue weighted by molar-refractivity contribution is -0.141. The van der Waals surface area contributed by atoms with Gasteiger partial charge in [0.05, 0.1) is 6.61 Å². The van der Waals surface area contributed by atoms with Crippen LogP contribution in [0.5, 0.6) is 5.75 Å². The molecule has 0 heterocycles. The normalized spacial score (nSPS) is 14.4. The van der Waals surface area contributed by atoms with Crippen LogP contribution in [0.2, 0.25) is 0 Å². The molecule has 6 heteroatoms. The first-order valence-electron chi connectivity index (χ1n) is 13.6. The lowest BCUT2D eigenvalue weighted by Gasteiger charge is -2.33. The molecule has 1 atom stereocenters. The summed E-state index contributed by atoms with van der Waals surface area (Å²) in [4.78, 5) is 29.1. The summed E-state index contributed by atoms with van der Waals surface area (Å²) in [7, 11) is 0. The monoisotopic (exact) mass is 516 g/mol. The molecule has 1 fully saturated rings. The SMILES string of the molecule is O=C(NC1CCCCC1)[C@@H](Cc1ccccc1)N(Cc1ccc(F)cc1)C(=O)CCCOc1ccccc1. The van der Waals surface area contributed by atoms with Crippen molar-refractivity contribution in [2.75, 3.05) is 6.61 Å². The molecular weight excluding hydrogens is 479 g/mol. The molecule has 5 nitrogen and oxygen atoms in total. The van der Waals surface area contributed by atoms with E-state index in [0.29, 0.717) is 19.4 Å². The highest BCUT2D eigenvalue weighted by atomic mass is 19.1. The third kappa shape index (κ3) is 8.44. The van der Waals surface area contributed by atoms with Crippen molar-refractivity contribution in [1.29, 1.82) is 0 Å². The maximum atomic E-state index is 13.7. The molecule has 1 aliphatic rings. The Balaban J connectivity index is 1.52. The Morgan fingerprint density at radius 1 is 0.868 bits per heavy atom. The maximum absolute atomic E-state index is 13.7. The van der Waals surface area contributed by atoms with Gasteiger partial charge >= 0.3 is 0 Å². The van der Waals surface area contributed by atoms with Crippen molar-refractivity contribution in [3.8, 4) is 5.75 Å². The Morgan fingerprint density at radius 3 is 2.21 bits per heavy atom. The lowest BCUT2D eigenvalue weighted by atomic mass is 9.94. The van der Waals surface area contributed by atoms with Crippen LogP contribution in [0.15, 0.2) is 84.9 Å². The molecule has 0 bridgehead atoms. The highest BCUT2D eigenvalue weighted by Crippen LogP contribution is 2.21. The van der Waals surface area contributed by atoms with Crippen molar-refractivity contribution in [2.45, 2.75) is 70.0 Å². The summed E-state index contributed by atoms with van der Waals surface area (Å²) in [5.74, 6) is 0.181. The Hall–Kier alpha value is -3.67. The van der Waals surface area contributed by atoms with E-state index in [9.17, 15) is 14.0 Å². The fourth-order valence-electron chi connectivity index (χ4n) is 4.96. The Kier molecular flexibility index (Phi) is 10.3. The molecule has 200 valence electrons. The van der Waals surface area contributed by atoms with Gasteiger partial charge in [-0.1, -0.05) is 79.9 Å². The fraction of sp³-hybridized carbons (Fsp3) is 0.375. The predicted octanol–water partition coefficient (Wildman–Crippen LogP) is 6.07. The first-order chi connectivity index (χ1) is 18.6. The maximum Gasteiger partial charge on any atom is 0.243 e. The zero-order chi connectivity index (χ0) is 26.6. The number of carbonyl (C=O) groups is 2. The Labute approximate surface area is 225 Å². The van der Waals surface area contributed by atoms with Crippen LogP contribution in [0.4, 0.5) is 4.39 Å². The second-order valence-corrected chi connectivity index (χ2v) is 9.96. The fourth-order valence-corrected chi connectivity index (χ4v) is 4.96. The summed E-state index contributed by atoms with van der Waals surface area (Å²) in [5, 5.41) is 3.24. The molecule has 38 heavy (non-hydrogen) atoms. The predicted molar refractivity (Wildman–Crippen MR) is 147 cm³/mol. The van der Waals surface area contributed by atoms with Crippen LogP contribution < -0.4 is 10.1 Å². The van der Waals surface area contributed by atoms with E-state index in [2.05, 4.69) is 5.32 Å². The van der Waals surface area contributed by atoms with E-state index in [1.54, 1.807) is 17.0 Å². The van der Waals surface area contributed by atoms with E-state index in [-0.39, 0.29) is 36.6 Å². The summed E-state index contributed by atoms with van der Waals surface area (Å²) in [6.45, 7) is 0.631. The van der Waals surface area contributed by atoms with E-state index in [1.165, 1.54) is 18.6 Å². The number of nitrogens with one attached hydrogen (secondary N) is 1. The van der Waals surface area contributed by atoms with E-state index in [0.717, 1.165) is 42.6 Å². The van der Waals surface area contributed by atoms with Crippen molar-refractivity contribution in [1.82, 2.24) is 10.2 Å². The van der Waals surface area contributed by atoms with Gasteiger partial charge in [0.25, 0.3) is 0 Å². The second-order valence-electron chi connectivity index (χ2n) is 9.96. The van der Waals surface area contributed by atoms with Gasteiger partial charge in [0, 0.05) is 25.4 Å². The van der Waals surface area contributed by atoms with Gasteiger partial charge in [-0.2, -0.15) is 0 Å². The lowest BCUT2D eigenvalue weighted by Crippen LogP contribution is -2.52. The Morgan fingerprint density at radius 2 is 1.53 bits per heavy atom. The van der Waals surface area contributed by atoms with Crippen molar-refractivity contribution in [3.05, 3.63) is 102 Å². The average molecular weight is 517 g/mol. The van der Waals surface area contributed by atoms with Gasteiger partial charge in [-0.15, -0.1) is 0 Å². The van der Waals surface area contributed by atoms with Gasteiger partial charge in [0.1, 0.15) is 17.6 Å². The molecule has 0 aromatic heterocycles. The number of benzene rings is 3. The van der Waals surface area contributed by atoms with Crippen LogP contribution in [0.1, 0.15) is 56.1 Å². The molecule has 0 saturated heterocycles. The molecule has 0 aliphatic heterocycles. The summed E-state index contributed by atoms with van der Waals surface area (Å²) >= 11 is 0. The van der Waals surface area contributed by atoms with Crippen LogP contribution >= 0.6 is 0 Å². The number of nitrogens with zero attached hydrogens (tertiary/aromatic N) is 1. The largest absolute Gasteiger partial charge is 0.494 e. The number of amides is 2. The van der Waals surface area contributed by atoms with E-state index < -0.39 is 6.04 Å². The summed E-state index contributed by atoms with van der Waals surface area (Å²) in [6.07, 6.45) is 6.51. The molecule has 0 radical (unpaired) electrons. The van der Waals surface area contributed by atoms with Gasteiger partial charge in [0.15, 0.2) is 0 Å². The van der Waals surface area contributed by atoms with Gasteiger partial charge in [-0.05, 0) is 54.7 Å². The molecule has 0 spiro atoms. The third-order valence-electron chi connectivity index (χ3n) is 7.04. The van der Waals surface area contributed by atoms with Crippen LogP contribution in [-0.4, -0.2) is 35.4 Å². The molecule has 3 aromatic rings. The highest BCUT2D eigenvalue weighted by molar-refractivity contribution is 5.88. The molecule has 3 aromatic carbocycles. The van der Waals surface area contributed by atoms with E-state index >= 15 is 0 Å². The van der Waals surface area contributed by atoms with Crippen LogP contribution in [0.25, 0.3) is 0 Å². The molecule has 1 N–H and O–H groups in total. The van der Waals surface area contributed by atoms with Gasteiger partial charge in [-0.25, -0.2) is 4.39 Å². The topological polar surface area (TPSA) is 58.6 Å². The van der Waals surface area contributed by atoms with Crippen molar-refractivity contribution >= 4 is 11.8 Å². The first-order valence-corrected chi connectivity index (χ1v) is 13.6. The first kappa shape index (κ1) is 27.4. The van der Waals surface area contributed by atoms with Crippen molar-refractivity contribution in [2.24, 2.45) is 0 Å². The van der Waals surface area contributed by atoms with Gasteiger partial charge < -0.3 is 15.0 Å². The summed E-state index contributed by atoms with van der Waals surface area (Å²) in [5.41, 5.74) is 1.77. The zero-order valence-corrected chi connectivity index (χ0v) is 21.9. The van der Waals surface area contributed by atoms with Crippen LogP contribution in [0, 0.1) is 5.82 Å². The Bertz CT molecular complexity index is 1130. The third-order valence-corrected chi connectivity index (χ3v) is 7.04. The summed E-state index contributed by atoms with van der Waals surface area (Å²) < 4.78 is 19.4. The molecule has 1 saturated carbocycles. The molecule has 0 unspecified atom stereocenters. The zero-order valence-electron chi connectivity index (χ0n) is 21.9. The molecule has 4 rings (SSSR count). The molecule has 1 aliphatic carbocycles. The number of hydrogen-bond acceptors (Lipinski definition) is 3. The number of rotatable bonds is 12. The van der Waals surface area contributed by atoms with Crippen LogP contribution in [0.3, 0.4) is 0 Å². The number of halogens is 1. The smallest absolute Gasteiger partial charge is 0.243 e. The molecular formula is C32H37FN2O3. The van der Waals surface area contributed by atoms with Crippen molar-refractivity contribution in [3.63, 3.8) is 0 Å². The van der Waals surface area contributed by atoms with Gasteiger partial charge in [-0.3, -0.25) is 9.59 Å². The van der Waals surface area contributed by atoms with E-state index in [1.807, 2.05) is 60.7 Å². The number of carbonyl (C=O) groups excluding carboxylic acids is 2. The minimum atomic E-state index is -0.674. The second kappa shape index (κ2) is 14.3. The van der Waals surface area contributed by atoms with Gasteiger partial charge in [0.2, 0.25) is 11.8 Å². The van der Waals surface area contributed by atoms with Crippen LogP contribution in [-0.2, 0) is 22.6 Å². The van der Waals surface area contributed by atoms with E-state index in [4.69, 9.17) is 4.74 Å².